The Morgan fingerprint density at radius 2 is 1.90 bits per heavy atom. The van der Waals surface area contributed by atoms with Crippen LogP contribution in [0.3, 0.4) is 0 Å². The summed E-state index contributed by atoms with van der Waals surface area (Å²) in [5.74, 6) is 0.111. The lowest BCUT2D eigenvalue weighted by molar-refractivity contribution is -0.144. The van der Waals surface area contributed by atoms with Crippen LogP contribution in [-0.4, -0.2) is 29.4 Å². The molecule has 2 amide bonds. The summed E-state index contributed by atoms with van der Waals surface area (Å²) in [7, 11) is 0. The van der Waals surface area contributed by atoms with Crippen molar-refractivity contribution in [2.45, 2.75) is 32.2 Å². The van der Waals surface area contributed by atoms with E-state index in [1.54, 1.807) is 32.0 Å². The highest BCUT2D eigenvalue weighted by Crippen LogP contribution is 2.34. The minimum absolute atomic E-state index is 0.152. The predicted molar refractivity (Wildman–Crippen MR) is 75.7 cm³/mol. The van der Waals surface area contributed by atoms with E-state index in [1.165, 1.54) is 0 Å². The lowest BCUT2D eigenvalue weighted by atomic mass is 9.93. The lowest BCUT2D eigenvalue weighted by Crippen LogP contribution is -2.54. The molecule has 0 radical (unpaired) electrons. The molecule has 0 saturated heterocycles. The number of hydrogen-bond donors (Lipinski definition) is 3. The fraction of sp³-hybridized carbons (Fsp3) is 0.429. The second kappa shape index (κ2) is 5.90. The topological polar surface area (TPSA) is 96.9 Å². The highest BCUT2D eigenvalue weighted by atomic mass is 16.7. The number of hydrogen-bond acceptors (Lipinski definition) is 4. The fourth-order valence-corrected chi connectivity index (χ4v) is 2.14. The zero-order valence-corrected chi connectivity index (χ0v) is 11.9. The van der Waals surface area contributed by atoms with E-state index in [0.29, 0.717) is 30.0 Å². The number of carboxylic acid groups (broad SMARTS) is 1. The van der Waals surface area contributed by atoms with Crippen LogP contribution >= 0.6 is 0 Å². The zero-order chi connectivity index (χ0) is 15.5. The Bertz CT molecular complexity index is 554. The third-order valence-corrected chi connectivity index (χ3v) is 3.60. The Hall–Kier alpha value is -2.44. The van der Waals surface area contributed by atoms with Crippen LogP contribution in [0.2, 0.25) is 0 Å². The van der Waals surface area contributed by atoms with Gasteiger partial charge in [0, 0.05) is 11.8 Å². The van der Waals surface area contributed by atoms with Crippen molar-refractivity contribution >= 4 is 17.7 Å². The van der Waals surface area contributed by atoms with E-state index in [0.717, 1.165) is 0 Å². The van der Waals surface area contributed by atoms with Crippen molar-refractivity contribution in [3.63, 3.8) is 0 Å². The number of urea groups is 1. The van der Waals surface area contributed by atoms with E-state index < -0.39 is 17.5 Å². The molecular weight excluding hydrogens is 276 g/mol. The Labute approximate surface area is 122 Å². The van der Waals surface area contributed by atoms with Crippen molar-refractivity contribution in [3.05, 3.63) is 18.2 Å². The fourth-order valence-electron chi connectivity index (χ4n) is 2.14. The van der Waals surface area contributed by atoms with Crippen LogP contribution in [0.25, 0.3) is 0 Å². The van der Waals surface area contributed by atoms with E-state index in [1.807, 2.05) is 0 Å². The van der Waals surface area contributed by atoms with Gasteiger partial charge in [0.25, 0.3) is 0 Å². The van der Waals surface area contributed by atoms with Gasteiger partial charge in [0.05, 0.1) is 0 Å². The molecule has 1 aliphatic heterocycles. The van der Waals surface area contributed by atoms with Gasteiger partial charge in [-0.05, 0) is 25.0 Å². The van der Waals surface area contributed by atoms with Crippen LogP contribution in [0.1, 0.15) is 26.7 Å². The SMILES string of the molecule is CCC(CC)(NC(=O)Nc1ccc2c(c1)OCO2)C(=O)O. The molecule has 0 atom stereocenters. The second-order valence-electron chi connectivity index (χ2n) is 4.74. The summed E-state index contributed by atoms with van der Waals surface area (Å²) in [5, 5.41) is 14.4. The monoisotopic (exact) mass is 294 g/mol. The Morgan fingerprint density at radius 3 is 2.52 bits per heavy atom. The first kappa shape index (κ1) is 15.0. The number of rotatable bonds is 5. The van der Waals surface area contributed by atoms with Gasteiger partial charge in [-0.1, -0.05) is 13.8 Å². The summed E-state index contributed by atoms with van der Waals surface area (Å²) in [6, 6.07) is 4.40. The number of benzene rings is 1. The quantitative estimate of drug-likeness (QED) is 0.773. The van der Waals surface area contributed by atoms with Gasteiger partial charge in [0.15, 0.2) is 11.5 Å². The van der Waals surface area contributed by atoms with Crippen molar-refractivity contribution in [1.82, 2.24) is 5.32 Å². The first-order valence-electron chi connectivity index (χ1n) is 6.73. The van der Waals surface area contributed by atoms with E-state index in [4.69, 9.17) is 9.47 Å². The van der Waals surface area contributed by atoms with Crippen LogP contribution in [0.5, 0.6) is 11.5 Å². The van der Waals surface area contributed by atoms with E-state index in [2.05, 4.69) is 10.6 Å². The maximum atomic E-state index is 12.0. The van der Waals surface area contributed by atoms with Gasteiger partial charge in [-0.15, -0.1) is 0 Å². The molecule has 21 heavy (non-hydrogen) atoms. The van der Waals surface area contributed by atoms with Gasteiger partial charge in [-0.25, -0.2) is 9.59 Å². The molecule has 0 unspecified atom stereocenters. The summed E-state index contributed by atoms with van der Waals surface area (Å²) in [6.45, 7) is 3.59. The third-order valence-electron chi connectivity index (χ3n) is 3.60. The Morgan fingerprint density at radius 1 is 1.24 bits per heavy atom. The minimum atomic E-state index is -1.26. The number of anilines is 1. The smallest absolute Gasteiger partial charge is 0.329 e. The number of nitrogens with one attached hydrogen (secondary N) is 2. The van der Waals surface area contributed by atoms with Gasteiger partial charge in [0.2, 0.25) is 6.79 Å². The molecule has 1 aromatic rings. The van der Waals surface area contributed by atoms with Crippen LogP contribution in [0, 0.1) is 0 Å². The van der Waals surface area contributed by atoms with Gasteiger partial charge in [-0.3, -0.25) is 0 Å². The molecule has 1 heterocycles. The van der Waals surface area contributed by atoms with Gasteiger partial charge in [0.1, 0.15) is 5.54 Å². The van der Waals surface area contributed by atoms with Crippen molar-refractivity contribution in [2.24, 2.45) is 0 Å². The van der Waals surface area contributed by atoms with E-state index in [-0.39, 0.29) is 6.79 Å². The first-order valence-corrected chi connectivity index (χ1v) is 6.73. The number of carboxylic acids is 1. The molecule has 7 heteroatoms. The highest BCUT2D eigenvalue weighted by molar-refractivity contribution is 5.94. The highest BCUT2D eigenvalue weighted by Gasteiger charge is 2.36. The van der Waals surface area contributed by atoms with Crippen molar-refractivity contribution in [3.8, 4) is 11.5 Å². The average Bonchev–Trinajstić information content (AvgIpc) is 2.92. The zero-order valence-electron chi connectivity index (χ0n) is 11.9. The Balaban J connectivity index is 2.06. The number of aliphatic carboxylic acids is 1. The lowest BCUT2D eigenvalue weighted by Gasteiger charge is -2.28. The van der Waals surface area contributed by atoms with Gasteiger partial charge >= 0.3 is 12.0 Å². The van der Waals surface area contributed by atoms with Crippen LogP contribution in [0.15, 0.2) is 18.2 Å². The summed E-state index contributed by atoms with van der Waals surface area (Å²) in [6.07, 6.45) is 0.598. The van der Waals surface area contributed by atoms with Crippen molar-refractivity contribution in [2.75, 3.05) is 12.1 Å². The number of ether oxygens (including phenoxy) is 2. The Kier molecular flexibility index (Phi) is 4.21. The van der Waals surface area contributed by atoms with Gasteiger partial charge in [-0.2, -0.15) is 0 Å². The summed E-state index contributed by atoms with van der Waals surface area (Å²) in [5.41, 5.74) is -0.760. The van der Waals surface area contributed by atoms with Crippen molar-refractivity contribution < 1.29 is 24.2 Å². The molecular formula is C14H18N2O5. The predicted octanol–water partition coefficient (Wildman–Crippen LogP) is 2.18. The van der Waals surface area contributed by atoms with Crippen LogP contribution in [-0.2, 0) is 4.79 Å². The second-order valence-corrected chi connectivity index (χ2v) is 4.74. The number of carbonyl (C=O) groups excluding carboxylic acids is 1. The largest absolute Gasteiger partial charge is 0.480 e. The normalized spacial score (nSPS) is 12.9. The van der Waals surface area contributed by atoms with E-state index >= 15 is 0 Å². The van der Waals surface area contributed by atoms with Crippen LogP contribution < -0.4 is 20.1 Å². The molecule has 114 valence electrons. The number of carbonyl (C=O) groups is 2. The maximum absolute atomic E-state index is 12.0. The first-order chi connectivity index (χ1) is 10.0. The molecule has 0 spiro atoms. The molecule has 7 nitrogen and oxygen atoms in total. The average molecular weight is 294 g/mol. The molecule has 0 fully saturated rings. The molecule has 0 bridgehead atoms. The van der Waals surface area contributed by atoms with Crippen LogP contribution in [0.4, 0.5) is 10.5 Å². The summed E-state index contributed by atoms with van der Waals surface area (Å²) < 4.78 is 10.4. The maximum Gasteiger partial charge on any atom is 0.329 e. The minimum Gasteiger partial charge on any atom is -0.480 e. The number of fused-ring (bicyclic) bond motifs is 1. The van der Waals surface area contributed by atoms with E-state index in [9.17, 15) is 14.7 Å². The molecule has 3 N–H and O–H groups in total. The van der Waals surface area contributed by atoms with Crippen molar-refractivity contribution in [1.29, 1.82) is 0 Å². The van der Waals surface area contributed by atoms with Gasteiger partial charge < -0.3 is 25.2 Å². The third kappa shape index (κ3) is 3.01. The molecule has 0 saturated carbocycles. The number of amides is 2. The molecule has 0 aromatic heterocycles. The standard InChI is InChI=1S/C14H18N2O5/c1-3-14(4-2,12(17)18)16-13(19)15-9-5-6-10-11(7-9)21-8-20-10/h5-7H,3-4,8H2,1-2H3,(H,17,18)(H2,15,16,19). The molecule has 0 aliphatic carbocycles. The molecule has 1 aliphatic rings. The molecule has 1 aromatic carbocycles. The summed E-state index contributed by atoms with van der Waals surface area (Å²) >= 11 is 0. The summed E-state index contributed by atoms with van der Waals surface area (Å²) in [4.78, 5) is 23.3. The molecule has 2 rings (SSSR count).